The van der Waals surface area contributed by atoms with Gasteiger partial charge < -0.3 is 14.2 Å². The molecule has 0 bridgehead atoms. The summed E-state index contributed by atoms with van der Waals surface area (Å²) >= 11 is 0. The first-order valence-corrected chi connectivity index (χ1v) is 9.97. The first-order valence-electron chi connectivity index (χ1n) is 9.97. The smallest absolute Gasteiger partial charge is 0.407 e. The normalized spacial score (nSPS) is 15.7. The fourth-order valence-corrected chi connectivity index (χ4v) is 3.54. The number of nitrogens with zero attached hydrogens (tertiary/aromatic N) is 1. The van der Waals surface area contributed by atoms with Gasteiger partial charge in [-0.15, -0.1) is 0 Å². The SMILES string of the molecule is CN(C)c1cccc2c(C#Cc3ccc(B4OCC(C)(C)CO4)cc3)cccc12. The molecule has 4 rings (SSSR count). The van der Waals surface area contributed by atoms with Crippen LogP contribution in [0.5, 0.6) is 0 Å². The van der Waals surface area contributed by atoms with Crippen molar-refractivity contribution in [2.24, 2.45) is 5.41 Å². The van der Waals surface area contributed by atoms with Gasteiger partial charge in [0.1, 0.15) is 0 Å². The third-order valence-corrected chi connectivity index (χ3v) is 5.16. The van der Waals surface area contributed by atoms with E-state index in [-0.39, 0.29) is 12.5 Å². The van der Waals surface area contributed by atoms with Gasteiger partial charge in [-0.05, 0) is 35.1 Å². The molecule has 4 heteroatoms. The van der Waals surface area contributed by atoms with Gasteiger partial charge in [-0.1, -0.05) is 62.1 Å². The number of benzene rings is 3. The lowest BCUT2D eigenvalue weighted by Gasteiger charge is -2.33. The predicted octanol–water partition coefficient (Wildman–Crippen LogP) is 4.07. The van der Waals surface area contributed by atoms with E-state index < -0.39 is 0 Å². The van der Waals surface area contributed by atoms with Crippen molar-refractivity contribution < 1.29 is 9.31 Å². The zero-order chi connectivity index (χ0) is 20.4. The minimum atomic E-state index is -0.285. The van der Waals surface area contributed by atoms with E-state index in [0.717, 1.165) is 16.6 Å². The maximum Gasteiger partial charge on any atom is 0.493 e. The lowest BCUT2D eigenvalue weighted by atomic mass is 9.76. The summed E-state index contributed by atoms with van der Waals surface area (Å²) in [5, 5.41) is 2.39. The molecule has 3 aromatic carbocycles. The monoisotopic (exact) mass is 383 g/mol. The van der Waals surface area contributed by atoms with Crippen LogP contribution >= 0.6 is 0 Å². The molecule has 0 atom stereocenters. The summed E-state index contributed by atoms with van der Waals surface area (Å²) < 4.78 is 11.7. The van der Waals surface area contributed by atoms with Crippen molar-refractivity contribution in [2.75, 3.05) is 32.2 Å². The Balaban J connectivity index is 1.56. The number of fused-ring (bicyclic) bond motifs is 1. The van der Waals surface area contributed by atoms with Gasteiger partial charge >= 0.3 is 7.12 Å². The first kappa shape index (κ1) is 19.6. The van der Waals surface area contributed by atoms with Gasteiger partial charge in [0.2, 0.25) is 0 Å². The van der Waals surface area contributed by atoms with E-state index in [1.807, 2.05) is 24.3 Å². The Bertz CT molecular complexity index is 1070. The quantitative estimate of drug-likeness (QED) is 0.492. The third kappa shape index (κ3) is 4.32. The van der Waals surface area contributed by atoms with Gasteiger partial charge in [0, 0.05) is 54.9 Å². The van der Waals surface area contributed by atoms with Crippen molar-refractivity contribution in [3.05, 3.63) is 71.8 Å². The molecule has 1 aliphatic heterocycles. The molecule has 3 aromatic rings. The number of rotatable bonds is 2. The van der Waals surface area contributed by atoms with E-state index in [1.165, 1.54) is 16.5 Å². The van der Waals surface area contributed by atoms with Crippen LogP contribution in [-0.2, 0) is 9.31 Å². The lowest BCUT2D eigenvalue weighted by Crippen LogP contribution is -2.47. The molecule has 0 saturated carbocycles. The van der Waals surface area contributed by atoms with Crippen LogP contribution in [0.15, 0.2) is 60.7 Å². The molecule has 0 spiro atoms. The van der Waals surface area contributed by atoms with Crippen molar-refractivity contribution in [3.63, 3.8) is 0 Å². The molecule has 0 unspecified atom stereocenters. The summed E-state index contributed by atoms with van der Waals surface area (Å²) in [5.41, 5.74) is 4.33. The van der Waals surface area contributed by atoms with Gasteiger partial charge in [0.15, 0.2) is 0 Å². The third-order valence-electron chi connectivity index (χ3n) is 5.16. The van der Waals surface area contributed by atoms with Gasteiger partial charge in [0.25, 0.3) is 0 Å². The Labute approximate surface area is 173 Å². The fraction of sp³-hybridized carbons (Fsp3) is 0.280. The number of hydrogen-bond donors (Lipinski definition) is 0. The molecule has 0 aromatic heterocycles. The van der Waals surface area contributed by atoms with Crippen molar-refractivity contribution in [1.82, 2.24) is 0 Å². The molecule has 0 N–H and O–H groups in total. The molecule has 3 nitrogen and oxygen atoms in total. The second kappa shape index (κ2) is 7.95. The summed E-state index contributed by atoms with van der Waals surface area (Å²) in [5.74, 6) is 6.65. The van der Waals surface area contributed by atoms with Crippen LogP contribution < -0.4 is 10.4 Å². The molecule has 0 aliphatic carbocycles. The minimum Gasteiger partial charge on any atom is -0.407 e. The standard InChI is InChI=1S/C25H26BNO2/c1-25(2)17-28-26(29-18-25)21-15-12-19(13-16-21)11-14-20-7-5-9-23-22(20)8-6-10-24(23)27(3)4/h5-10,12-13,15-16H,17-18H2,1-4H3. The Morgan fingerprint density at radius 1 is 0.828 bits per heavy atom. The maximum absolute atomic E-state index is 5.86. The predicted molar refractivity (Wildman–Crippen MR) is 122 cm³/mol. The van der Waals surface area contributed by atoms with Crippen molar-refractivity contribution in [1.29, 1.82) is 0 Å². The summed E-state index contributed by atoms with van der Waals surface area (Å²) in [7, 11) is 3.85. The van der Waals surface area contributed by atoms with Crippen LogP contribution in [-0.4, -0.2) is 34.4 Å². The second-order valence-corrected chi connectivity index (χ2v) is 8.56. The van der Waals surface area contributed by atoms with E-state index in [0.29, 0.717) is 13.2 Å². The first-order chi connectivity index (χ1) is 13.9. The van der Waals surface area contributed by atoms with E-state index in [4.69, 9.17) is 9.31 Å². The van der Waals surface area contributed by atoms with E-state index in [1.54, 1.807) is 0 Å². The average molecular weight is 383 g/mol. The summed E-state index contributed by atoms with van der Waals surface area (Å²) in [4.78, 5) is 2.13. The molecule has 1 aliphatic rings. The molecule has 0 radical (unpaired) electrons. The van der Waals surface area contributed by atoms with E-state index in [9.17, 15) is 0 Å². The Kier molecular flexibility index (Phi) is 5.36. The molecule has 146 valence electrons. The second-order valence-electron chi connectivity index (χ2n) is 8.56. The highest BCUT2D eigenvalue weighted by Gasteiger charge is 2.33. The van der Waals surface area contributed by atoms with Crippen molar-refractivity contribution in [3.8, 4) is 11.8 Å². The van der Waals surface area contributed by atoms with Crippen LogP contribution in [0.4, 0.5) is 5.69 Å². The molecule has 1 heterocycles. The average Bonchev–Trinajstić information content (AvgIpc) is 2.72. The Morgan fingerprint density at radius 2 is 1.48 bits per heavy atom. The molecule has 29 heavy (non-hydrogen) atoms. The van der Waals surface area contributed by atoms with Gasteiger partial charge in [-0.3, -0.25) is 0 Å². The van der Waals surface area contributed by atoms with Crippen LogP contribution in [0.1, 0.15) is 25.0 Å². The highest BCUT2D eigenvalue weighted by atomic mass is 16.6. The van der Waals surface area contributed by atoms with Crippen LogP contribution in [0.3, 0.4) is 0 Å². The van der Waals surface area contributed by atoms with Crippen molar-refractivity contribution in [2.45, 2.75) is 13.8 Å². The number of anilines is 1. The molecular weight excluding hydrogens is 357 g/mol. The minimum absolute atomic E-state index is 0.0762. The van der Waals surface area contributed by atoms with Crippen LogP contribution in [0.25, 0.3) is 10.8 Å². The van der Waals surface area contributed by atoms with Gasteiger partial charge in [-0.2, -0.15) is 0 Å². The highest BCUT2D eigenvalue weighted by Crippen LogP contribution is 2.27. The molecule has 1 fully saturated rings. The molecule has 0 amide bonds. The topological polar surface area (TPSA) is 21.7 Å². The lowest BCUT2D eigenvalue weighted by molar-refractivity contribution is 0.0343. The van der Waals surface area contributed by atoms with Crippen molar-refractivity contribution >= 4 is 29.0 Å². The van der Waals surface area contributed by atoms with Gasteiger partial charge in [0.05, 0.1) is 0 Å². The highest BCUT2D eigenvalue weighted by molar-refractivity contribution is 6.61. The number of hydrogen-bond acceptors (Lipinski definition) is 3. The molecule has 1 saturated heterocycles. The molecular formula is C25H26BNO2. The fourth-order valence-electron chi connectivity index (χ4n) is 3.54. The summed E-state index contributed by atoms with van der Waals surface area (Å²) in [6, 6.07) is 20.8. The summed E-state index contributed by atoms with van der Waals surface area (Å²) in [6.07, 6.45) is 0. The van der Waals surface area contributed by atoms with Crippen LogP contribution in [0.2, 0.25) is 0 Å². The maximum atomic E-state index is 5.86. The van der Waals surface area contributed by atoms with Gasteiger partial charge in [-0.25, -0.2) is 0 Å². The largest absolute Gasteiger partial charge is 0.493 e. The zero-order valence-corrected chi connectivity index (χ0v) is 17.5. The van der Waals surface area contributed by atoms with E-state index >= 15 is 0 Å². The Hall–Kier alpha value is -2.74. The zero-order valence-electron chi connectivity index (χ0n) is 17.5. The Morgan fingerprint density at radius 3 is 2.17 bits per heavy atom. The summed E-state index contributed by atoms with van der Waals surface area (Å²) in [6.45, 7) is 5.71. The van der Waals surface area contributed by atoms with Crippen LogP contribution in [0, 0.1) is 17.3 Å². The van der Waals surface area contributed by atoms with E-state index in [2.05, 4.69) is 81.1 Å².